The molecule has 0 aliphatic carbocycles. The molecule has 0 spiro atoms. The summed E-state index contributed by atoms with van der Waals surface area (Å²) in [6, 6.07) is 8.29. The lowest BCUT2D eigenvalue weighted by Gasteiger charge is -2.22. The molecule has 1 aromatic rings. The van der Waals surface area contributed by atoms with Crippen LogP contribution in [0.3, 0.4) is 0 Å². The van der Waals surface area contributed by atoms with E-state index in [2.05, 4.69) is 17.4 Å². The standard InChI is InChI=1S/C15H23NO2/c1-17-15-6-4-13(5-7-15)8-9-16-11-14-3-2-10-18-12-14/h4-7,14,16H,2-3,8-12H2,1H3. The fourth-order valence-electron chi connectivity index (χ4n) is 2.30. The maximum atomic E-state index is 5.47. The smallest absolute Gasteiger partial charge is 0.118 e. The Balaban J connectivity index is 1.62. The van der Waals surface area contributed by atoms with Gasteiger partial charge in [-0.2, -0.15) is 0 Å². The molecule has 1 atom stereocenters. The van der Waals surface area contributed by atoms with Crippen molar-refractivity contribution >= 4 is 0 Å². The lowest BCUT2D eigenvalue weighted by Crippen LogP contribution is -2.30. The van der Waals surface area contributed by atoms with Gasteiger partial charge >= 0.3 is 0 Å². The highest BCUT2D eigenvalue weighted by Crippen LogP contribution is 2.13. The molecule has 1 heterocycles. The molecule has 0 saturated carbocycles. The van der Waals surface area contributed by atoms with Crippen LogP contribution < -0.4 is 10.1 Å². The summed E-state index contributed by atoms with van der Waals surface area (Å²) in [6.07, 6.45) is 3.58. The van der Waals surface area contributed by atoms with E-state index in [0.29, 0.717) is 5.92 Å². The van der Waals surface area contributed by atoms with Gasteiger partial charge < -0.3 is 14.8 Å². The summed E-state index contributed by atoms with van der Waals surface area (Å²) < 4.78 is 10.6. The molecule has 3 heteroatoms. The summed E-state index contributed by atoms with van der Waals surface area (Å²) in [5.74, 6) is 1.63. The second-order valence-electron chi connectivity index (χ2n) is 4.89. The van der Waals surface area contributed by atoms with Crippen molar-refractivity contribution in [3.8, 4) is 5.75 Å². The van der Waals surface area contributed by atoms with E-state index in [0.717, 1.165) is 38.5 Å². The van der Waals surface area contributed by atoms with Crippen LogP contribution in [0.15, 0.2) is 24.3 Å². The number of rotatable bonds is 6. The molecule has 0 radical (unpaired) electrons. The number of benzene rings is 1. The molecule has 2 rings (SSSR count). The van der Waals surface area contributed by atoms with Crippen LogP contribution in [0.4, 0.5) is 0 Å². The first-order valence-corrected chi connectivity index (χ1v) is 6.80. The first-order valence-electron chi connectivity index (χ1n) is 6.80. The molecule has 1 aliphatic rings. The van der Waals surface area contributed by atoms with Gasteiger partial charge in [-0.05, 0) is 49.4 Å². The topological polar surface area (TPSA) is 30.5 Å². The summed E-state index contributed by atoms with van der Waals surface area (Å²) in [6.45, 7) is 3.98. The van der Waals surface area contributed by atoms with Crippen LogP contribution in [-0.2, 0) is 11.2 Å². The molecule has 1 aliphatic heterocycles. The van der Waals surface area contributed by atoms with E-state index in [9.17, 15) is 0 Å². The Morgan fingerprint density at radius 2 is 2.17 bits per heavy atom. The van der Waals surface area contributed by atoms with Crippen molar-refractivity contribution in [1.29, 1.82) is 0 Å². The predicted octanol–water partition coefficient (Wildman–Crippen LogP) is 2.25. The lowest BCUT2D eigenvalue weighted by atomic mass is 10.0. The normalized spacial score (nSPS) is 19.7. The van der Waals surface area contributed by atoms with Crippen molar-refractivity contribution in [3.63, 3.8) is 0 Å². The Hall–Kier alpha value is -1.06. The van der Waals surface area contributed by atoms with E-state index in [4.69, 9.17) is 9.47 Å². The largest absolute Gasteiger partial charge is 0.497 e. The molecule has 1 saturated heterocycles. The van der Waals surface area contributed by atoms with Crippen LogP contribution in [0.1, 0.15) is 18.4 Å². The average molecular weight is 249 g/mol. The van der Waals surface area contributed by atoms with Gasteiger partial charge in [-0.25, -0.2) is 0 Å². The monoisotopic (exact) mass is 249 g/mol. The molecule has 1 fully saturated rings. The van der Waals surface area contributed by atoms with Gasteiger partial charge in [0.15, 0.2) is 0 Å². The van der Waals surface area contributed by atoms with Gasteiger partial charge in [-0.3, -0.25) is 0 Å². The highest BCUT2D eigenvalue weighted by molar-refractivity contribution is 5.27. The zero-order valence-corrected chi connectivity index (χ0v) is 11.2. The van der Waals surface area contributed by atoms with Crippen LogP contribution in [-0.4, -0.2) is 33.4 Å². The number of ether oxygens (including phenoxy) is 2. The first kappa shape index (κ1) is 13.4. The molecule has 0 bridgehead atoms. The fourth-order valence-corrected chi connectivity index (χ4v) is 2.30. The van der Waals surface area contributed by atoms with E-state index in [1.165, 1.54) is 18.4 Å². The average Bonchev–Trinajstić information content (AvgIpc) is 2.45. The maximum absolute atomic E-state index is 5.47. The highest BCUT2D eigenvalue weighted by Gasteiger charge is 2.12. The van der Waals surface area contributed by atoms with Gasteiger partial charge in [0.25, 0.3) is 0 Å². The molecule has 1 N–H and O–H groups in total. The molecule has 18 heavy (non-hydrogen) atoms. The van der Waals surface area contributed by atoms with Crippen molar-refractivity contribution in [2.75, 3.05) is 33.4 Å². The highest BCUT2D eigenvalue weighted by atomic mass is 16.5. The number of hydrogen-bond donors (Lipinski definition) is 1. The van der Waals surface area contributed by atoms with Crippen LogP contribution in [0.5, 0.6) is 5.75 Å². The molecule has 3 nitrogen and oxygen atoms in total. The number of hydrogen-bond acceptors (Lipinski definition) is 3. The molecule has 1 unspecified atom stereocenters. The van der Waals surface area contributed by atoms with Crippen molar-refractivity contribution in [2.45, 2.75) is 19.3 Å². The molecular formula is C15H23NO2. The second kappa shape index (κ2) is 7.39. The molecule has 1 aromatic carbocycles. The fraction of sp³-hybridized carbons (Fsp3) is 0.600. The molecule has 0 aromatic heterocycles. The van der Waals surface area contributed by atoms with Gasteiger partial charge in [-0.1, -0.05) is 12.1 Å². The van der Waals surface area contributed by atoms with Gasteiger partial charge in [0.2, 0.25) is 0 Å². The summed E-state index contributed by atoms with van der Waals surface area (Å²) in [7, 11) is 1.70. The zero-order chi connectivity index (χ0) is 12.6. The summed E-state index contributed by atoms with van der Waals surface area (Å²) in [5, 5.41) is 3.52. The minimum Gasteiger partial charge on any atom is -0.497 e. The van der Waals surface area contributed by atoms with Crippen molar-refractivity contribution in [1.82, 2.24) is 5.32 Å². The van der Waals surface area contributed by atoms with Crippen molar-refractivity contribution in [3.05, 3.63) is 29.8 Å². The Morgan fingerprint density at radius 1 is 1.33 bits per heavy atom. The van der Waals surface area contributed by atoms with Gasteiger partial charge in [0, 0.05) is 13.2 Å². The van der Waals surface area contributed by atoms with E-state index in [1.54, 1.807) is 7.11 Å². The zero-order valence-electron chi connectivity index (χ0n) is 11.2. The minimum atomic E-state index is 0.703. The van der Waals surface area contributed by atoms with Crippen LogP contribution in [0.2, 0.25) is 0 Å². The number of methoxy groups -OCH3 is 1. The van der Waals surface area contributed by atoms with Crippen LogP contribution >= 0.6 is 0 Å². The van der Waals surface area contributed by atoms with Gasteiger partial charge in [0.1, 0.15) is 5.75 Å². The lowest BCUT2D eigenvalue weighted by molar-refractivity contribution is 0.0550. The van der Waals surface area contributed by atoms with Crippen LogP contribution in [0.25, 0.3) is 0 Å². The number of nitrogens with one attached hydrogen (secondary N) is 1. The molecular weight excluding hydrogens is 226 g/mol. The first-order chi connectivity index (χ1) is 8.88. The Kier molecular flexibility index (Phi) is 5.49. The third-order valence-corrected chi connectivity index (χ3v) is 3.44. The molecule has 0 amide bonds. The summed E-state index contributed by atoms with van der Waals surface area (Å²) in [5.41, 5.74) is 1.35. The molecule has 100 valence electrons. The quantitative estimate of drug-likeness (QED) is 0.784. The van der Waals surface area contributed by atoms with E-state index >= 15 is 0 Å². The Bertz CT molecular complexity index is 331. The van der Waals surface area contributed by atoms with Crippen molar-refractivity contribution in [2.24, 2.45) is 5.92 Å². The second-order valence-corrected chi connectivity index (χ2v) is 4.89. The third-order valence-electron chi connectivity index (χ3n) is 3.44. The minimum absolute atomic E-state index is 0.703. The third kappa shape index (κ3) is 4.31. The van der Waals surface area contributed by atoms with Crippen molar-refractivity contribution < 1.29 is 9.47 Å². The van der Waals surface area contributed by atoms with Crippen LogP contribution in [0, 0.1) is 5.92 Å². The summed E-state index contributed by atoms with van der Waals surface area (Å²) >= 11 is 0. The Morgan fingerprint density at radius 3 is 2.83 bits per heavy atom. The SMILES string of the molecule is COc1ccc(CCNCC2CCCOC2)cc1. The predicted molar refractivity (Wildman–Crippen MR) is 73.1 cm³/mol. The van der Waals surface area contributed by atoms with E-state index < -0.39 is 0 Å². The van der Waals surface area contributed by atoms with Gasteiger partial charge in [-0.15, -0.1) is 0 Å². The van der Waals surface area contributed by atoms with E-state index in [-0.39, 0.29) is 0 Å². The van der Waals surface area contributed by atoms with E-state index in [1.807, 2.05) is 12.1 Å². The van der Waals surface area contributed by atoms with Gasteiger partial charge in [0.05, 0.1) is 13.7 Å². The Labute approximate surface area is 109 Å². The maximum Gasteiger partial charge on any atom is 0.118 e. The summed E-state index contributed by atoms with van der Waals surface area (Å²) in [4.78, 5) is 0.